The van der Waals surface area contributed by atoms with Crippen molar-refractivity contribution >= 4 is 17.4 Å². The van der Waals surface area contributed by atoms with E-state index in [0.29, 0.717) is 19.7 Å². The van der Waals surface area contributed by atoms with Crippen molar-refractivity contribution in [1.82, 2.24) is 15.2 Å². The number of ether oxygens (including phenoxy) is 1. The summed E-state index contributed by atoms with van der Waals surface area (Å²) in [6.45, 7) is 5.24. The third-order valence-electron chi connectivity index (χ3n) is 3.20. The van der Waals surface area contributed by atoms with Gasteiger partial charge in [-0.2, -0.15) is 0 Å². The molecule has 120 valence electrons. The van der Waals surface area contributed by atoms with E-state index < -0.39 is 0 Å². The number of aromatic nitrogens is 1. The van der Waals surface area contributed by atoms with Crippen LogP contribution in [0.2, 0.25) is 0 Å². The molecule has 0 aliphatic rings. The SMILES string of the molecule is COCCN(Cc1ccco1)C(=O)N[C@H](C)c1csc(C)n1. The zero-order valence-electron chi connectivity index (χ0n) is 13.0. The van der Waals surface area contributed by atoms with E-state index in [2.05, 4.69) is 10.3 Å². The summed E-state index contributed by atoms with van der Waals surface area (Å²) >= 11 is 1.57. The summed E-state index contributed by atoms with van der Waals surface area (Å²) in [7, 11) is 1.61. The second-order valence-electron chi connectivity index (χ2n) is 4.96. The summed E-state index contributed by atoms with van der Waals surface area (Å²) in [5.74, 6) is 0.739. The first kappa shape index (κ1) is 16.5. The normalized spacial score (nSPS) is 12.1. The highest BCUT2D eigenvalue weighted by atomic mass is 32.1. The number of thiazole rings is 1. The van der Waals surface area contributed by atoms with Crippen LogP contribution in [0.25, 0.3) is 0 Å². The molecule has 2 heterocycles. The van der Waals surface area contributed by atoms with E-state index in [4.69, 9.17) is 9.15 Å². The molecule has 0 radical (unpaired) electrons. The molecule has 2 rings (SSSR count). The van der Waals surface area contributed by atoms with Crippen molar-refractivity contribution in [3.8, 4) is 0 Å². The minimum absolute atomic E-state index is 0.140. The molecule has 6 nitrogen and oxygen atoms in total. The minimum atomic E-state index is -0.161. The summed E-state index contributed by atoms with van der Waals surface area (Å²) < 4.78 is 10.4. The van der Waals surface area contributed by atoms with Crippen LogP contribution in [0.4, 0.5) is 4.79 Å². The van der Waals surface area contributed by atoms with E-state index in [9.17, 15) is 4.79 Å². The van der Waals surface area contributed by atoms with Crippen LogP contribution in [-0.2, 0) is 11.3 Å². The number of methoxy groups -OCH3 is 1. The highest BCUT2D eigenvalue weighted by molar-refractivity contribution is 7.09. The smallest absolute Gasteiger partial charge is 0.318 e. The molecular weight excluding hydrogens is 302 g/mol. The molecule has 1 atom stereocenters. The molecule has 0 spiro atoms. The maximum Gasteiger partial charge on any atom is 0.318 e. The van der Waals surface area contributed by atoms with Crippen LogP contribution in [0.1, 0.15) is 29.4 Å². The Morgan fingerprint density at radius 2 is 2.41 bits per heavy atom. The van der Waals surface area contributed by atoms with E-state index in [1.807, 2.05) is 31.4 Å². The summed E-state index contributed by atoms with van der Waals surface area (Å²) in [5.41, 5.74) is 0.876. The molecule has 1 N–H and O–H groups in total. The van der Waals surface area contributed by atoms with Gasteiger partial charge in [0.05, 0.1) is 36.2 Å². The Morgan fingerprint density at radius 1 is 1.59 bits per heavy atom. The first-order valence-corrected chi connectivity index (χ1v) is 7.97. The Hall–Kier alpha value is -1.86. The average molecular weight is 323 g/mol. The van der Waals surface area contributed by atoms with Gasteiger partial charge in [-0.25, -0.2) is 9.78 Å². The van der Waals surface area contributed by atoms with E-state index in [1.54, 1.807) is 29.6 Å². The van der Waals surface area contributed by atoms with Gasteiger partial charge in [-0.1, -0.05) is 0 Å². The molecule has 7 heteroatoms. The Bertz CT molecular complexity index is 583. The van der Waals surface area contributed by atoms with Crippen LogP contribution in [0, 0.1) is 6.92 Å². The number of hydrogen-bond donors (Lipinski definition) is 1. The Morgan fingerprint density at radius 3 is 3.00 bits per heavy atom. The first-order valence-electron chi connectivity index (χ1n) is 7.09. The second-order valence-corrected chi connectivity index (χ2v) is 6.02. The Balaban J connectivity index is 1.98. The highest BCUT2D eigenvalue weighted by Gasteiger charge is 2.19. The molecule has 0 bridgehead atoms. The van der Waals surface area contributed by atoms with Gasteiger partial charge in [0.15, 0.2) is 0 Å². The van der Waals surface area contributed by atoms with Crippen molar-refractivity contribution in [2.45, 2.75) is 26.4 Å². The largest absolute Gasteiger partial charge is 0.467 e. The molecule has 0 saturated carbocycles. The lowest BCUT2D eigenvalue weighted by Gasteiger charge is -2.23. The quantitative estimate of drug-likeness (QED) is 0.850. The molecule has 0 saturated heterocycles. The number of carbonyl (C=O) groups is 1. The van der Waals surface area contributed by atoms with E-state index in [0.717, 1.165) is 16.5 Å². The number of amides is 2. The molecule has 2 aromatic rings. The van der Waals surface area contributed by atoms with Gasteiger partial charge in [-0.3, -0.25) is 0 Å². The van der Waals surface area contributed by atoms with Gasteiger partial charge >= 0.3 is 6.03 Å². The lowest BCUT2D eigenvalue weighted by molar-refractivity contribution is 0.141. The summed E-state index contributed by atoms with van der Waals surface area (Å²) in [4.78, 5) is 18.5. The Kier molecular flexibility index (Phi) is 5.97. The number of hydrogen-bond acceptors (Lipinski definition) is 5. The van der Waals surface area contributed by atoms with E-state index in [-0.39, 0.29) is 12.1 Å². The fraction of sp³-hybridized carbons (Fsp3) is 0.467. The van der Waals surface area contributed by atoms with Crippen molar-refractivity contribution in [3.63, 3.8) is 0 Å². The maximum atomic E-state index is 12.5. The van der Waals surface area contributed by atoms with Crippen molar-refractivity contribution < 1.29 is 13.9 Å². The lowest BCUT2D eigenvalue weighted by atomic mass is 10.2. The third-order valence-corrected chi connectivity index (χ3v) is 3.99. The van der Waals surface area contributed by atoms with E-state index >= 15 is 0 Å². The molecule has 2 aromatic heterocycles. The van der Waals surface area contributed by atoms with Crippen LogP contribution in [0.5, 0.6) is 0 Å². The second kappa shape index (κ2) is 7.95. The molecule has 0 aliphatic heterocycles. The van der Waals surface area contributed by atoms with Gasteiger partial charge in [0.25, 0.3) is 0 Å². The van der Waals surface area contributed by atoms with Crippen molar-refractivity contribution in [2.75, 3.05) is 20.3 Å². The van der Waals surface area contributed by atoms with Crippen molar-refractivity contribution in [3.05, 3.63) is 40.2 Å². The first-order chi connectivity index (χ1) is 10.6. The zero-order chi connectivity index (χ0) is 15.9. The summed E-state index contributed by atoms with van der Waals surface area (Å²) in [6.07, 6.45) is 1.60. The van der Waals surface area contributed by atoms with Crippen LogP contribution in [0.15, 0.2) is 28.2 Å². The number of urea groups is 1. The fourth-order valence-corrected chi connectivity index (χ4v) is 2.68. The van der Waals surface area contributed by atoms with Crippen LogP contribution >= 0.6 is 11.3 Å². The molecule has 0 aliphatic carbocycles. The molecule has 2 amide bonds. The number of furan rings is 1. The van der Waals surface area contributed by atoms with Gasteiger partial charge in [0.1, 0.15) is 5.76 Å². The maximum absolute atomic E-state index is 12.5. The predicted octanol–water partition coefficient (Wildman–Crippen LogP) is 2.96. The predicted molar refractivity (Wildman–Crippen MR) is 84.8 cm³/mol. The summed E-state index contributed by atoms with van der Waals surface area (Å²) in [5, 5.41) is 5.92. The van der Waals surface area contributed by atoms with Crippen LogP contribution < -0.4 is 5.32 Å². The number of rotatable bonds is 7. The summed E-state index contributed by atoms with van der Waals surface area (Å²) in [6, 6.07) is 3.36. The third kappa shape index (κ3) is 4.57. The molecule has 22 heavy (non-hydrogen) atoms. The minimum Gasteiger partial charge on any atom is -0.467 e. The average Bonchev–Trinajstić information content (AvgIpc) is 3.14. The highest BCUT2D eigenvalue weighted by Crippen LogP contribution is 2.16. The number of carbonyl (C=O) groups excluding carboxylic acids is 1. The molecule has 0 aromatic carbocycles. The zero-order valence-corrected chi connectivity index (χ0v) is 13.9. The van der Waals surface area contributed by atoms with Crippen molar-refractivity contribution in [1.29, 1.82) is 0 Å². The molecule has 0 unspecified atom stereocenters. The topological polar surface area (TPSA) is 67.6 Å². The van der Waals surface area contributed by atoms with Gasteiger partial charge in [0, 0.05) is 19.0 Å². The van der Waals surface area contributed by atoms with Crippen LogP contribution in [0.3, 0.4) is 0 Å². The fourth-order valence-electron chi connectivity index (χ4n) is 1.97. The van der Waals surface area contributed by atoms with Gasteiger partial charge in [-0.05, 0) is 26.0 Å². The van der Waals surface area contributed by atoms with Gasteiger partial charge < -0.3 is 19.4 Å². The molecule has 0 fully saturated rings. The Labute approximate surface area is 134 Å². The van der Waals surface area contributed by atoms with Crippen LogP contribution in [-0.4, -0.2) is 36.2 Å². The number of aryl methyl sites for hydroxylation is 1. The lowest BCUT2D eigenvalue weighted by Crippen LogP contribution is -2.42. The molecular formula is C15H21N3O3S. The monoisotopic (exact) mass is 323 g/mol. The number of nitrogens with zero attached hydrogens (tertiary/aromatic N) is 2. The van der Waals surface area contributed by atoms with Gasteiger partial charge in [-0.15, -0.1) is 11.3 Å². The van der Waals surface area contributed by atoms with Crippen molar-refractivity contribution in [2.24, 2.45) is 0 Å². The van der Waals surface area contributed by atoms with Gasteiger partial charge in [0.2, 0.25) is 0 Å². The number of nitrogens with one attached hydrogen (secondary N) is 1. The standard InChI is InChI=1S/C15H21N3O3S/c1-11(14-10-22-12(2)17-14)16-15(19)18(6-8-20-3)9-13-5-4-7-21-13/h4-5,7,10-11H,6,8-9H2,1-3H3,(H,16,19)/t11-/m1/s1. The van der Waals surface area contributed by atoms with E-state index in [1.165, 1.54) is 0 Å².